The third kappa shape index (κ3) is 4.14. The second-order valence-corrected chi connectivity index (χ2v) is 9.81. The summed E-state index contributed by atoms with van der Waals surface area (Å²) in [6.07, 6.45) is 12.2. The Hall–Kier alpha value is -4.45. The minimum atomic E-state index is 0.213. The second-order valence-electron chi connectivity index (χ2n) is 9.81. The molecule has 1 saturated heterocycles. The van der Waals surface area contributed by atoms with Crippen molar-refractivity contribution in [1.82, 2.24) is 29.3 Å². The second kappa shape index (κ2) is 9.21. The van der Waals surface area contributed by atoms with Gasteiger partial charge in [0, 0.05) is 79.6 Å². The van der Waals surface area contributed by atoms with Gasteiger partial charge < -0.3 is 9.80 Å². The standard InChI is InChI=1S/C28H28N8O/c1-19-4-3-5-24(19)28(37)35-10-8-34(9-11-35)26-7-6-20(14-30-26)25-12-21(23-16-31-33(2)17-23)18-36-27(25)22(13-29)15-32-36/h6-7,12,14-18H,3-5,8-11H2,1-2H3. The quantitative estimate of drug-likeness (QED) is 0.430. The maximum Gasteiger partial charge on any atom is 0.249 e. The smallest absolute Gasteiger partial charge is 0.249 e. The van der Waals surface area contributed by atoms with Crippen molar-refractivity contribution >= 4 is 17.2 Å². The predicted molar refractivity (Wildman–Crippen MR) is 141 cm³/mol. The molecule has 1 aliphatic carbocycles. The molecular formula is C28H28N8O. The lowest BCUT2D eigenvalue weighted by Crippen LogP contribution is -2.49. The monoisotopic (exact) mass is 492 g/mol. The molecule has 1 aliphatic heterocycles. The summed E-state index contributed by atoms with van der Waals surface area (Å²) in [5, 5.41) is 18.4. The number of rotatable bonds is 4. The molecule has 9 nitrogen and oxygen atoms in total. The van der Waals surface area contributed by atoms with Gasteiger partial charge in [0.05, 0.1) is 23.5 Å². The Morgan fingerprint density at radius 2 is 1.81 bits per heavy atom. The first-order valence-corrected chi connectivity index (χ1v) is 12.6. The summed E-state index contributed by atoms with van der Waals surface area (Å²) in [4.78, 5) is 21.9. The first kappa shape index (κ1) is 23.0. The number of hydrogen-bond donors (Lipinski definition) is 0. The molecule has 0 unspecified atom stereocenters. The third-order valence-electron chi connectivity index (χ3n) is 7.47. The van der Waals surface area contributed by atoms with Crippen LogP contribution in [0.3, 0.4) is 0 Å². The van der Waals surface area contributed by atoms with Crippen molar-refractivity contribution in [3.05, 3.63) is 65.9 Å². The molecule has 4 aromatic heterocycles. The van der Waals surface area contributed by atoms with E-state index >= 15 is 0 Å². The van der Waals surface area contributed by atoms with E-state index in [0.29, 0.717) is 18.7 Å². The van der Waals surface area contributed by atoms with Gasteiger partial charge in [0.2, 0.25) is 5.91 Å². The fraction of sp³-hybridized carbons (Fsp3) is 0.321. The number of pyridine rings is 2. The van der Waals surface area contributed by atoms with Gasteiger partial charge in [-0.3, -0.25) is 9.48 Å². The number of aryl methyl sites for hydroxylation is 1. The molecule has 0 radical (unpaired) electrons. The summed E-state index contributed by atoms with van der Waals surface area (Å²) in [6.45, 7) is 5.01. The lowest BCUT2D eigenvalue weighted by Gasteiger charge is -2.35. The molecule has 6 rings (SSSR count). The SMILES string of the molecule is CC1=C(C(=O)N2CCN(c3ccc(-c4cc(-c5cnn(C)c5)cn5ncc(C#N)c45)cn3)CC2)CCC1. The lowest BCUT2D eigenvalue weighted by atomic mass is 10.0. The molecule has 2 aliphatic rings. The van der Waals surface area contributed by atoms with Gasteiger partial charge in [-0.15, -0.1) is 0 Å². The van der Waals surface area contributed by atoms with Crippen molar-refractivity contribution in [2.24, 2.45) is 7.05 Å². The predicted octanol–water partition coefficient (Wildman–Crippen LogP) is 3.82. The van der Waals surface area contributed by atoms with Gasteiger partial charge in [-0.05, 0) is 44.4 Å². The van der Waals surface area contributed by atoms with Gasteiger partial charge in [-0.1, -0.05) is 5.57 Å². The molecule has 0 spiro atoms. The van der Waals surface area contributed by atoms with Gasteiger partial charge in [0.1, 0.15) is 11.9 Å². The largest absolute Gasteiger partial charge is 0.353 e. The van der Waals surface area contributed by atoms with E-state index in [9.17, 15) is 10.1 Å². The number of piperazine rings is 1. The van der Waals surface area contributed by atoms with Gasteiger partial charge in [0.15, 0.2) is 0 Å². The molecule has 1 amide bonds. The molecule has 1 fully saturated rings. The number of amides is 1. The number of carbonyl (C=O) groups excluding carboxylic acids is 1. The van der Waals surface area contributed by atoms with Crippen molar-refractivity contribution in [1.29, 1.82) is 5.26 Å². The van der Waals surface area contributed by atoms with E-state index in [1.165, 1.54) is 5.57 Å². The normalized spacial score (nSPS) is 16.0. The van der Waals surface area contributed by atoms with E-state index in [1.54, 1.807) is 15.4 Å². The lowest BCUT2D eigenvalue weighted by molar-refractivity contribution is -0.127. The number of carbonyl (C=O) groups is 1. The molecule has 0 aromatic carbocycles. The van der Waals surface area contributed by atoms with E-state index in [4.69, 9.17) is 4.98 Å². The fourth-order valence-electron chi connectivity index (χ4n) is 5.40. The molecule has 4 aromatic rings. The zero-order chi connectivity index (χ0) is 25.5. The van der Waals surface area contributed by atoms with Gasteiger partial charge >= 0.3 is 0 Å². The van der Waals surface area contributed by atoms with Crippen LogP contribution >= 0.6 is 0 Å². The highest BCUT2D eigenvalue weighted by Gasteiger charge is 2.27. The maximum absolute atomic E-state index is 12.9. The number of nitriles is 1. The van der Waals surface area contributed by atoms with E-state index < -0.39 is 0 Å². The third-order valence-corrected chi connectivity index (χ3v) is 7.47. The summed E-state index contributed by atoms with van der Waals surface area (Å²) in [5.41, 5.74) is 7.29. The van der Waals surface area contributed by atoms with Crippen LogP contribution in [0.25, 0.3) is 27.8 Å². The number of fused-ring (bicyclic) bond motifs is 1. The van der Waals surface area contributed by atoms with Crippen LogP contribution < -0.4 is 4.90 Å². The minimum absolute atomic E-state index is 0.213. The molecule has 37 heavy (non-hydrogen) atoms. The van der Waals surface area contributed by atoms with E-state index in [-0.39, 0.29) is 5.91 Å². The van der Waals surface area contributed by atoms with Gasteiger partial charge in [-0.25, -0.2) is 9.50 Å². The average Bonchev–Trinajstić information content (AvgIpc) is 3.67. The highest BCUT2D eigenvalue weighted by Crippen LogP contribution is 2.32. The Kier molecular flexibility index (Phi) is 5.72. The maximum atomic E-state index is 12.9. The molecule has 9 heteroatoms. The summed E-state index contributed by atoms with van der Waals surface area (Å²) < 4.78 is 3.51. The highest BCUT2D eigenvalue weighted by atomic mass is 16.2. The summed E-state index contributed by atoms with van der Waals surface area (Å²) >= 11 is 0. The van der Waals surface area contributed by atoms with Crippen LogP contribution in [-0.2, 0) is 11.8 Å². The topological polar surface area (TPSA) is 95.4 Å². The average molecular weight is 493 g/mol. The zero-order valence-electron chi connectivity index (χ0n) is 21.1. The number of aromatic nitrogens is 5. The highest BCUT2D eigenvalue weighted by molar-refractivity contribution is 5.94. The van der Waals surface area contributed by atoms with Crippen LogP contribution in [0.2, 0.25) is 0 Å². The summed E-state index contributed by atoms with van der Waals surface area (Å²) in [6, 6.07) is 8.39. The van der Waals surface area contributed by atoms with Crippen LogP contribution in [0.5, 0.6) is 0 Å². The number of allylic oxidation sites excluding steroid dienone is 1. The van der Waals surface area contributed by atoms with E-state index in [1.807, 2.05) is 48.9 Å². The Morgan fingerprint density at radius 1 is 0.973 bits per heavy atom. The Balaban J connectivity index is 1.25. The number of anilines is 1. The first-order chi connectivity index (χ1) is 18.0. The van der Waals surface area contributed by atoms with Crippen LogP contribution in [0.4, 0.5) is 5.82 Å². The molecule has 186 valence electrons. The van der Waals surface area contributed by atoms with Crippen molar-refractivity contribution in [3.63, 3.8) is 0 Å². The Bertz CT molecular complexity index is 1560. The van der Waals surface area contributed by atoms with Crippen LogP contribution in [0.15, 0.2) is 60.3 Å². The molecule has 5 heterocycles. The van der Waals surface area contributed by atoms with E-state index in [2.05, 4.69) is 34.2 Å². The molecule has 0 saturated carbocycles. The zero-order valence-corrected chi connectivity index (χ0v) is 21.1. The minimum Gasteiger partial charge on any atom is -0.353 e. The van der Waals surface area contributed by atoms with Crippen LogP contribution in [0, 0.1) is 11.3 Å². The molecule has 0 N–H and O–H groups in total. The van der Waals surface area contributed by atoms with Crippen LogP contribution in [-0.4, -0.2) is 61.4 Å². The van der Waals surface area contributed by atoms with Crippen molar-refractivity contribution in [3.8, 4) is 28.3 Å². The molecule has 0 bridgehead atoms. The molecular weight excluding hydrogens is 464 g/mol. The Labute approximate surface area is 215 Å². The molecule has 0 atom stereocenters. The van der Waals surface area contributed by atoms with E-state index in [0.717, 1.165) is 71.5 Å². The van der Waals surface area contributed by atoms with Crippen molar-refractivity contribution < 1.29 is 4.79 Å². The summed E-state index contributed by atoms with van der Waals surface area (Å²) in [7, 11) is 1.88. The first-order valence-electron chi connectivity index (χ1n) is 12.6. The van der Waals surface area contributed by atoms with Crippen molar-refractivity contribution in [2.75, 3.05) is 31.1 Å². The summed E-state index contributed by atoms with van der Waals surface area (Å²) in [5.74, 6) is 1.10. The van der Waals surface area contributed by atoms with Gasteiger partial charge in [0.25, 0.3) is 0 Å². The number of nitrogens with zero attached hydrogens (tertiary/aromatic N) is 8. The van der Waals surface area contributed by atoms with Crippen LogP contribution in [0.1, 0.15) is 31.7 Å². The fourth-order valence-corrected chi connectivity index (χ4v) is 5.40. The van der Waals surface area contributed by atoms with Gasteiger partial charge in [-0.2, -0.15) is 15.5 Å². The number of hydrogen-bond acceptors (Lipinski definition) is 6. The Morgan fingerprint density at radius 3 is 2.46 bits per heavy atom. The van der Waals surface area contributed by atoms with Crippen molar-refractivity contribution in [2.45, 2.75) is 26.2 Å².